The highest BCUT2D eigenvalue weighted by molar-refractivity contribution is 7.89. The van der Waals surface area contributed by atoms with E-state index in [1.54, 1.807) is 0 Å². The number of nitrogens with one attached hydrogen (secondary N) is 1. The minimum Gasteiger partial charge on any atom is -0.332 e. The number of aromatic amines is 1. The monoisotopic (exact) mass is 285 g/mol. The van der Waals surface area contributed by atoms with Crippen molar-refractivity contribution in [1.29, 1.82) is 0 Å². The number of rotatable bonds is 4. The quantitative estimate of drug-likeness (QED) is 0.893. The van der Waals surface area contributed by atoms with Gasteiger partial charge in [0.2, 0.25) is 0 Å². The second-order valence-electron chi connectivity index (χ2n) is 4.86. The normalized spacial score (nSPS) is 21.5. The van der Waals surface area contributed by atoms with E-state index in [1.165, 1.54) is 17.4 Å². The lowest BCUT2D eigenvalue weighted by atomic mass is 9.96. The molecule has 0 amide bonds. The maximum absolute atomic E-state index is 12.4. The first-order valence-corrected chi connectivity index (χ1v) is 7.93. The summed E-state index contributed by atoms with van der Waals surface area (Å²) in [4.78, 5) is 18.3. The van der Waals surface area contributed by atoms with Crippen molar-refractivity contribution in [2.24, 2.45) is 5.92 Å². The third kappa shape index (κ3) is 2.87. The fourth-order valence-corrected chi connectivity index (χ4v) is 3.74. The average Bonchev–Trinajstić information content (AvgIpc) is 2.88. The molecular formula is C12H19N3O3S. The Kier molecular flexibility index (Phi) is 4.05. The molecule has 0 bridgehead atoms. The molecule has 6 nitrogen and oxygen atoms in total. The molecule has 1 aromatic heterocycles. The number of piperidine rings is 1. The Morgan fingerprint density at radius 2 is 2.32 bits per heavy atom. The highest BCUT2D eigenvalue weighted by atomic mass is 32.2. The minimum absolute atomic E-state index is 0.0544. The van der Waals surface area contributed by atoms with Crippen molar-refractivity contribution in [2.75, 3.05) is 13.1 Å². The molecule has 1 N–H and O–H groups in total. The third-order valence-electron chi connectivity index (χ3n) is 3.52. The number of ketones is 1. The SMILES string of the molecule is CCc1ncc(S(=O)(=O)N2CCCC(C(C)=O)C2)[nH]1. The Labute approximate surface area is 113 Å². The summed E-state index contributed by atoms with van der Waals surface area (Å²) in [5.74, 6) is 0.523. The molecule has 1 unspecified atom stereocenters. The maximum atomic E-state index is 12.4. The van der Waals surface area contributed by atoms with E-state index >= 15 is 0 Å². The number of hydrogen-bond donors (Lipinski definition) is 1. The van der Waals surface area contributed by atoms with E-state index in [9.17, 15) is 13.2 Å². The van der Waals surface area contributed by atoms with Gasteiger partial charge in [0.25, 0.3) is 10.0 Å². The van der Waals surface area contributed by atoms with Crippen molar-refractivity contribution in [1.82, 2.24) is 14.3 Å². The van der Waals surface area contributed by atoms with Crippen molar-refractivity contribution < 1.29 is 13.2 Å². The van der Waals surface area contributed by atoms with Gasteiger partial charge < -0.3 is 4.98 Å². The lowest BCUT2D eigenvalue weighted by molar-refractivity contribution is -0.121. The number of Topliss-reactive ketones (excluding diaryl/α,β-unsaturated/α-hetero) is 1. The van der Waals surface area contributed by atoms with E-state index in [4.69, 9.17) is 0 Å². The van der Waals surface area contributed by atoms with Gasteiger partial charge in [-0.3, -0.25) is 4.79 Å². The molecule has 1 saturated heterocycles. The summed E-state index contributed by atoms with van der Waals surface area (Å²) in [7, 11) is -3.55. The second kappa shape index (κ2) is 5.42. The number of carbonyl (C=O) groups is 1. The van der Waals surface area contributed by atoms with Crippen LogP contribution in [0.3, 0.4) is 0 Å². The molecule has 19 heavy (non-hydrogen) atoms. The van der Waals surface area contributed by atoms with Crippen LogP contribution in [0.2, 0.25) is 0 Å². The van der Waals surface area contributed by atoms with Gasteiger partial charge in [-0.1, -0.05) is 6.92 Å². The topological polar surface area (TPSA) is 83.1 Å². The van der Waals surface area contributed by atoms with Crippen LogP contribution in [0, 0.1) is 5.92 Å². The van der Waals surface area contributed by atoms with Crippen LogP contribution in [-0.2, 0) is 21.2 Å². The van der Waals surface area contributed by atoms with Crippen LogP contribution in [0.15, 0.2) is 11.2 Å². The van der Waals surface area contributed by atoms with E-state index in [2.05, 4.69) is 9.97 Å². The predicted octanol–water partition coefficient (Wildman–Crippen LogP) is 0.962. The number of aryl methyl sites for hydroxylation is 1. The van der Waals surface area contributed by atoms with E-state index in [0.717, 1.165) is 12.8 Å². The fraction of sp³-hybridized carbons (Fsp3) is 0.667. The fourth-order valence-electron chi connectivity index (χ4n) is 2.29. The molecule has 7 heteroatoms. The first-order chi connectivity index (χ1) is 8.95. The van der Waals surface area contributed by atoms with Gasteiger partial charge >= 0.3 is 0 Å². The summed E-state index contributed by atoms with van der Waals surface area (Å²) in [6, 6.07) is 0. The molecule has 106 valence electrons. The second-order valence-corrected chi connectivity index (χ2v) is 6.77. The summed E-state index contributed by atoms with van der Waals surface area (Å²) in [6.07, 6.45) is 3.50. The molecule has 1 aromatic rings. The average molecular weight is 285 g/mol. The number of aromatic nitrogens is 2. The van der Waals surface area contributed by atoms with Crippen LogP contribution in [0.4, 0.5) is 0 Å². The number of carbonyl (C=O) groups excluding carboxylic acids is 1. The van der Waals surface area contributed by atoms with Crippen molar-refractivity contribution in [3.63, 3.8) is 0 Å². The van der Waals surface area contributed by atoms with Crippen LogP contribution in [0.5, 0.6) is 0 Å². The van der Waals surface area contributed by atoms with Gasteiger partial charge in [0.1, 0.15) is 11.6 Å². The number of nitrogens with zero attached hydrogens (tertiary/aromatic N) is 2. The molecule has 1 aliphatic heterocycles. The zero-order chi connectivity index (χ0) is 14.0. The van der Waals surface area contributed by atoms with Gasteiger partial charge in [-0.15, -0.1) is 0 Å². The van der Waals surface area contributed by atoms with Gasteiger partial charge in [-0.05, 0) is 19.8 Å². The highest BCUT2D eigenvalue weighted by Crippen LogP contribution is 2.23. The minimum atomic E-state index is -3.55. The van der Waals surface area contributed by atoms with Crippen molar-refractivity contribution >= 4 is 15.8 Å². The molecular weight excluding hydrogens is 266 g/mol. The number of imidazole rings is 1. The molecule has 2 heterocycles. The lowest BCUT2D eigenvalue weighted by Gasteiger charge is -2.30. The molecule has 0 spiro atoms. The molecule has 1 fully saturated rings. The standard InChI is InChI=1S/C12H19N3O3S/c1-3-11-13-7-12(14-11)19(17,18)15-6-4-5-10(8-15)9(2)16/h7,10H,3-6,8H2,1-2H3,(H,13,14). The number of sulfonamides is 1. The molecule has 1 aliphatic rings. The molecule has 0 aliphatic carbocycles. The molecule has 0 saturated carbocycles. The lowest BCUT2D eigenvalue weighted by Crippen LogP contribution is -2.41. The van der Waals surface area contributed by atoms with Gasteiger partial charge in [-0.25, -0.2) is 13.4 Å². The molecule has 1 atom stereocenters. The first kappa shape index (κ1) is 14.2. The highest BCUT2D eigenvalue weighted by Gasteiger charge is 2.32. The van der Waals surface area contributed by atoms with Crippen LogP contribution in [0.25, 0.3) is 0 Å². The summed E-state index contributed by atoms with van der Waals surface area (Å²) in [5.41, 5.74) is 0. The van der Waals surface area contributed by atoms with Crippen LogP contribution < -0.4 is 0 Å². The zero-order valence-electron chi connectivity index (χ0n) is 11.2. The molecule has 0 radical (unpaired) electrons. The smallest absolute Gasteiger partial charge is 0.260 e. The van der Waals surface area contributed by atoms with Gasteiger partial charge in [0, 0.05) is 25.4 Å². The van der Waals surface area contributed by atoms with Gasteiger partial charge in [0.15, 0.2) is 5.03 Å². The van der Waals surface area contributed by atoms with Crippen molar-refractivity contribution in [3.05, 3.63) is 12.0 Å². The summed E-state index contributed by atoms with van der Waals surface area (Å²) in [5, 5.41) is 0.119. The summed E-state index contributed by atoms with van der Waals surface area (Å²) < 4.78 is 26.2. The Bertz CT molecular complexity index is 565. The van der Waals surface area contributed by atoms with E-state index < -0.39 is 10.0 Å². The summed E-state index contributed by atoms with van der Waals surface area (Å²) in [6.45, 7) is 4.17. The molecule has 2 rings (SSSR count). The van der Waals surface area contributed by atoms with Crippen LogP contribution in [0.1, 0.15) is 32.5 Å². The Hall–Kier alpha value is -1.21. The molecule has 0 aromatic carbocycles. The van der Waals surface area contributed by atoms with E-state index in [0.29, 0.717) is 18.8 Å². The van der Waals surface area contributed by atoms with Crippen LogP contribution in [-0.4, -0.2) is 41.6 Å². The van der Waals surface area contributed by atoms with Gasteiger partial charge in [-0.2, -0.15) is 4.31 Å². The van der Waals surface area contributed by atoms with Crippen molar-refractivity contribution in [3.8, 4) is 0 Å². The van der Waals surface area contributed by atoms with Gasteiger partial charge in [0.05, 0.1) is 6.20 Å². The van der Waals surface area contributed by atoms with E-state index in [1.807, 2.05) is 6.92 Å². The van der Waals surface area contributed by atoms with Crippen LogP contribution >= 0.6 is 0 Å². The first-order valence-electron chi connectivity index (χ1n) is 6.49. The summed E-state index contributed by atoms with van der Waals surface area (Å²) >= 11 is 0. The Morgan fingerprint density at radius 3 is 2.89 bits per heavy atom. The Balaban J connectivity index is 2.21. The largest absolute Gasteiger partial charge is 0.332 e. The number of H-pyrrole nitrogens is 1. The van der Waals surface area contributed by atoms with Crippen molar-refractivity contribution in [2.45, 2.75) is 38.1 Å². The van der Waals surface area contributed by atoms with E-state index in [-0.39, 0.29) is 23.3 Å². The Morgan fingerprint density at radius 1 is 1.58 bits per heavy atom. The zero-order valence-corrected chi connectivity index (χ0v) is 12.0. The number of hydrogen-bond acceptors (Lipinski definition) is 4. The maximum Gasteiger partial charge on any atom is 0.260 e. The third-order valence-corrected chi connectivity index (χ3v) is 5.29. The predicted molar refractivity (Wildman–Crippen MR) is 70.1 cm³/mol.